The number of rotatable bonds is 6. The van der Waals surface area contributed by atoms with E-state index in [2.05, 4.69) is 10.6 Å². The van der Waals surface area contributed by atoms with Crippen LogP contribution in [0.15, 0.2) is 115 Å². The fourth-order valence-electron chi connectivity index (χ4n) is 3.27. The molecule has 0 aliphatic rings. The van der Waals surface area contributed by atoms with Crippen LogP contribution >= 0.6 is 0 Å². The van der Waals surface area contributed by atoms with Crippen LogP contribution in [0, 0.1) is 0 Å². The third-order valence-corrected chi connectivity index (χ3v) is 4.84. The van der Waals surface area contributed by atoms with Crippen LogP contribution in [-0.2, 0) is 9.59 Å². The number of para-hydroxylation sites is 1. The normalized spacial score (nSPS) is 10.4. The first-order valence-corrected chi connectivity index (χ1v) is 10.2. The molecule has 0 fully saturated rings. The number of hydrogen-bond donors (Lipinski definition) is 2. The van der Waals surface area contributed by atoms with Gasteiger partial charge in [0.2, 0.25) is 0 Å². The smallest absolute Gasteiger partial charge is 0.313 e. The van der Waals surface area contributed by atoms with E-state index in [1.807, 2.05) is 91.0 Å². The van der Waals surface area contributed by atoms with Crippen molar-refractivity contribution in [2.24, 2.45) is 0 Å². The Morgan fingerprint density at radius 2 is 1.03 bits per heavy atom. The Balaban J connectivity index is 1.42. The Hall–Kier alpha value is -4.38. The molecule has 158 valence electrons. The largest absolute Gasteiger partial charge is 0.457 e. The molecule has 5 heteroatoms. The van der Waals surface area contributed by atoms with Crippen molar-refractivity contribution in [3.8, 4) is 11.5 Å². The van der Waals surface area contributed by atoms with Gasteiger partial charge in [-0.15, -0.1) is 0 Å². The molecule has 0 aromatic heterocycles. The molecule has 4 rings (SSSR count). The van der Waals surface area contributed by atoms with Crippen molar-refractivity contribution >= 4 is 17.5 Å². The molecule has 0 spiro atoms. The van der Waals surface area contributed by atoms with Crippen molar-refractivity contribution in [2.45, 2.75) is 6.04 Å². The van der Waals surface area contributed by atoms with E-state index < -0.39 is 17.9 Å². The van der Waals surface area contributed by atoms with E-state index in [4.69, 9.17) is 4.74 Å². The topological polar surface area (TPSA) is 67.4 Å². The van der Waals surface area contributed by atoms with Gasteiger partial charge in [0.05, 0.1) is 6.04 Å². The highest BCUT2D eigenvalue weighted by atomic mass is 16.5. The van der Waals surface area contributed by atoms with Gasteiger partial charge < -0.3 is 15.4 Å². The molecule has 2 amide bonds. The van der Waals surface area contributed by atoms with Crippen LogP contribution in [0.2, 0.25) is 0 Å². The van der Waals surface area contributed by atoms with Gasteiger partial charge in [-0.1, -0.05) is 78.9 Å². The monoisotopic (exact) mass is 422 g/mol. The molecule has 0 aliphatic carbocycles. The quantitative estimate of drug-likeness (QED) is 0.413. The summed E-state index contributed by atoms with van der Waals surface area (Å²) >= 11 is 0. The number of carbonyl (C=O) groups is 2. The summed E-state index contributed by atoms with van der Waals surface area (Å²) in [5.41, 5.74) is 2.28. The zero-order chi connectivity index (χ0) is 22.2. The number of nitrogens with one attached hydrogen (secondary N) is 2. The molecule has 5 nitrogen and oxygen atoms in total. The second-order valence-corrected chi connectivity index (χ2v) is 7.12. The van der Waals surface area contributed by atoms with Crippen molar-refractivity contribution < 1.29 is 14.3 Å². The minimum absolute atomic E-state index is 0.433. The summed E-state index contributed by atoms with van der Waals surface area (Å²) in [6.45, 7) is 0. The van der Waals surface area contributed by atoms with E-state index in [9.17, 15) is 9.59 Å². The fraction of sp³-hybridized carbons (Fsp3) is 0.0370. The second kappa shape index (κ2) is 10.1. The van der Waals surface area contributed by atoms with E-state index in [-0.39, 0.29) is 0 Å². The molecule has 4 aromatic carbocycles. The summed E-state index contributed by atoms with van der Waals surface area (Å²) < 4.78 is 5.74. The van der Waals surface area contributed by atoms with Crippen molar-refractivity contribution in [1.29, 1.82) is 0 Å². The van der Waals surface area contributed by atoms with Crippen molar-refractivity contribution in [3.63, 3.8) is 0 Å². The van der Waals surface area contributed by atoms with Crippen molar-refractivity contribution in [2.75, 3.05) is 5.32 Å². The van der Waals surface area contributed by atoms with Crippen LogP contribution in [0.4, 0.5) is 5.69 Å². The molecule has 2 N–H and O–H groups in total. The number of carbonyl (C=O) groups excluding carboxylic acids is 2. The van der Waals surface area contributed by atoms with Gasteiger partial charge in [-0.3, -0.25) is 9.59 Å². The van der Waals surface area contributed by atoms with E-state index in [0.717, 1.165) is 16.9 Å². The Labute approximate surface area is 186 Å². The van der Waals surface area contributed by atoms with Gasteiger partial charge >= 0.3 is 11.8 Å². The molecule has 0 saturated heterocycles. The van der Waals surface area contributed by atoms with Gasteiger partial charge in [0.1, 0.15) is 11.5 Å². The molecule has 0 atom stereocenters. The Kier molecular flexibility index (Phi) is 6.58. The van der Waals surface area contributed by atoms with Gasteiger partial charge in [-0.2, -0.15) is 0 Å². The maximum Gasteiger partial charge on any atom is 0.313 e. The lowest BCUT2D eigenvalue weighted by Gasteiger charge is -2.19. The maximum absolute atomic E-state index is 12.7. The molecule has 4 aromatic rings. The predicted molar refractivity (Wildman–Crippen MR) is 124 cm³/mol. The Morgan fingerprint density at radius 3 is 1.56 bits per heavy atom. The van der Waals surface area contributed by atoms with Crippen LogP contribution < -0.4 is 15.4 Å². The first-order valence-electron chi connectivity index (χ1n) is 10.2. The van der Waals surface area contributed by atoms with Crippen LogP contribution in [-0.4, -0.2) is 11.8 Å². The van der Waals surface area contributed by atoms with Gasteiger partial charge in [-0.25, -0.2) is 0 Å². The second-order valence-electron chi connectivity index (χ2n) is 7.12. The highest BCUT2D eigenvalue weighted by molar-refractivity contribution is 6.39. The number of hydrogen-bond acceptors (Lipinski definition) is 3. The van der Waals surface area contributed by atoms with Crippen LogP contribution in [0.25, 0.3) is 0 Å². The first-order chi connectivity index (χ1) is 15.7. The van der Waals surface area contributed by atoms with Crippen LogP contribution in [0.1, 0.15) is 17.2 Å². The minimum Gasteiger partial charge on any atom is -0.457 e. The number of anilines is 1. The minimum atomic E-state index is -0.737. The molecule has 0 heterocycles. The van der Waals surface area contributed by atoms with Crippen LogP contribution in [0.5, 0.6) is 11.5 Å². The lowest BCUT2D eigenvalue weighted by molar-refractivity contribution is -0.136. The Bertz CT molecular complexity index is 1120. The van der Waals surface area contributed by atoms with Gasteiger partial charge in [0.25, 0.3) is 0 Å². The zero-order valence-electron chi connectivity index (χ0n) is 17.3. The highest BCUT2D eigenvalue weighted by Crippen LogP contribution is 2.23. The van der Waals surface area contributed by atoms with Crippen molar-refractivity contribution in [3.05, 3.63) is 126 Å². The summed E-state index contributed by atoms with van der Waals surface area (Å²) in [7, 11) is 0. The van der Waals surface area contributed by atoms with Gasteiger partial charge in [0.15, 0.2) is 0 Å². The number of amides is 2. The molecule has 0 bridgehead atoms. The number of ether oxygens (including phenoxy) is 1. The third kappa shape index (κ3) is 5.40. The summed E-state index contributed by atoms with van der Waals surface area (Å²) in [6.07, 6.45) is 0. The molecule has 0 unspecified atom stereocenters. The summed E-state index contributed by atoms with van der Waals surface area (Å²) in [6, 6.07) is 34.9. The zero-order valence-corrected chi connectivity index (χ0v) is 17.3. The van der Waals surface area contributed by atoms with Crippen LogP contribution in [0.3, 0.4) is 0 Å². The van der Waals surface area contributed by atoms with E-state index in [1.54, 1.807) is 24.3 Å². The van der Waals surface area contributed by atoms with Crippen molar-refractivity contribution in [1.82, 2.24) is 5.32 Å². The third-order valence-electron chi connectivity index (χ3n) is 4.84. The average Bonchev–Trinajstić information content (AvgIpc) is 2.85. The van der Waals surface area contributed by atoms with E-state index in [1.165, 1.54) is 0 Å². The molecular formula is C27H22N2O3. The van der Waals surface area contributed by atoms with Gasteiger partial charge in [0, 0.05) is 5.69 Å². The summed E-state index contributed by atoms with van der Waals surface area (Å²) in [5, 5.41) is 5.47. The molecular weight excluding hydrogens is 400 g/mol. The lowest BCUT2D eigenvalue weighted by atomic mass is 9.99. The molecule has 0 saturated carbocycles. The van der Waals surface area contributed by atoms with E-state index >= 15 is 0 Å². The molecule has 0 aliphatic heterocycles. The fourth-order valence-corrected chi connectivity index (χ4v) is 3.27. The standard InChI is InChI=1S/C27H22N2O3/c30-26(28-22-16-18-24(19-17-22)32-23-14-8-3-9-15-23)27(31)29-25(20-10-4-1-5-11-20)21-12-6-2-7-13-21/h1-19,25H,(H,28,30)(H,29,31). The summed E-state index contributed by atoms with van der Waals surface area (Å²) in [5.74, 6) is -0.102. The van der Waals surface area contributed by atoms with E-state index in [0.29, 0.717) is 11.4 Å². The SMILES string of the molecule is O=C(Nc1ccc(Oc2ccccc2)cc1)C(=O)NC(c1ccccc1)c1ccccc1. The first kappa shape index (κ1) is 20.9. The molecule has 32 heavy (non-hydrogen) atoms. The van der Waals surface area contributed by atoms with Gasteiger partial charge in [-0.05, 0) is 47.5 Å². The summed E-state index contributed by atoms with van der Waals surface area (Å²) in [4.78, 5) is 25.2. The molecule has 0 radical (unpaired) electrons. The number of benzene rings is 4. The lowest BCUT2D eigenvalue weighted by Crippen LogP contribution is -2.38. The Morgan fingerprint density at radius 1 is 0.562 bits per heavy atom. The predicted octanol–water partition coefficient (Wildman–Crippen LogP) is 5.32. The highest BCUT2D eigenvalue weighted by Gasteiger charge is 2.21. The maximum atomic E-state index is 12.7. The average molecular weight is 422 g/mol.